The Balaban J connectivity index is 1.64. The second kappa shape index (κ2) is 7.49. The Morgan fingerprint density at radius 3 is 2.72 bits per heavy atom. The van der Waals surface area contributed by atoms with Gasteiger partial charge in [0.05, 0.1) is 25.3 Å². The summed E-state index contributed by atoms with van der Waals surface area (Å²) in [4.78, 5) is 28.1. The number of nitrogens with zero attached hydrogens (tertiary/aromatic N) is 5. The summed E-state index contributed by atoms with van der Waals surface area (Å²) >= 11 is 0. The van der Waals surface area contributed by atoms with E-state index in [1.54, 1.807) is 20.7 Å². The van der Waals surface area contributed by atoms with E-state index in [-0.39, 0.29) is 30.3 Å². The van der Waals surface area contributed by atoms with Crippen molar-refractivity contribution in [1.29, 1.82) is 0 Å². The third-order valence-corrected chi connectivity index (χ3v) is 4.82. The molecule has 3 rings (SSSR count). The predicted molar refractivity (Wildman–Crippen MR) is 89.6 cm³/mol. The summed E-state index contributed by atoms with van der Waals surface area (Å²) in [5.74, 6) is 0.114. The number of hydrogen-bond acceptors (Lipinski definition) is 4. The fourth-order valence-electron chi connectivity index (χ4n) is 3.59. The Labute approximate surface area is 147 Å². The number of amides is 2. The van der Waals surface area contributed by atoms with Gasteiger partial charge in [0, 0.05) is 25.9 Å². The quantitative estimate of drug-likeness (QED) is 0.806. The summed E-state index contributed by atoms with van der Waals surface area (Å²) in [7, 11) is 0. The van der Waals surface area contributed by atoms with Crippen LogP contribution in [0.1, 0.15) is 50.0 Å². The van der Waals surface area contributed by atoms with Gasteiger partial charge in [0.1, 0.15) is 6.17 Å². The van der Waals surface area contributed by atoms with Gasteiger partial charge in [0.15, 0.2) is 5.69 Å². The number of hydrogen-bond donors (Lipinski definition) is 0. The summed E-state index contributed by atoms with van der Waals surface area (Å²) < 4.78 is 15.4. The van der Waals surface area contributed by atoms with Crippen LogP contribution in [0.25, 0.3) is 0 Å². The van der Waals surface area contributed by atoms with Gasteiger partial charge in [0.2, 0.25) is 5.91 Å². The summed E-state index contributed by atoms with van der Waals surface area (Å²) in [5, 5.41) is 7.98. The van der Waals surface area contributed by atoms with E-state index in [4.69, 9.17) is 0 Å². The third-order valence-electron chi connectivity index (χ3n) is 4.82. The Bertz CT molecular complexity index is 626. The van der Waals surface area contributed by atoms with Crippen LogP contribution in [0.5, 0.6) is 0 Å². The van der Waals surface area contributed by atoms with Gasteiger partial charge in [-0.1, -0.05) is 19.1 Å². The minimum absolute atomic E-state index is 0.0198. The Morgan fingerprint density at radius 2 is 2.04 bits per heavy atom. The molecular weight excluding hydrogens is 325 g/mol. The molecule has 0 aromatic carbocycles. The molecule has 0 radical (unpaired) electrons. The van der Waals surface area contributed by atoms with Crippen molar-refractivity contribution in [3.63, 3.8) is 0 Å². The van der Waals surface area contributed by atoms with Crippen molar-refractivity contribution in [2.75, 3.05) is 19.6 Å². The monoisotopic (exact) mass is 351 g/mol. The van der Waals surface area contributed by atoms with E-state index in [1.165, 1.54) is 0 Å². The van der Waals surface area contributed by atoms with E-state index < -0.39 is 6.17 Å². The highest BCUT2D eigenvalue weighted by molar-refractivity contribution is 5.92. The van der Waals surface area contributed by atoms with Crippen molar-refractivity contribution in [1.82, 2.24) is 24.8 Å². The molecule has 0 saturated carbocycles. The Kier molecular flexibility index (Phi) is 5.34. The van der Waals surface area contributed by atoms with Crippen LogP contribution >= 0.6 is 0 Å². The van der Waals surface area contributed by atoms with Crippen molar-refractivity contribution in [3.05, 3.63) is 11.9 Å². The van der Waals surface area contributed by atoms with Crippen LogP contribution in [-0.2, 0) is 11.3 Å². The van der Waals surface area contributed by atoms with E-state index in [0.717, 1.165) is 25.9 Å². The zero-order valence-corrected chi connectivity index (χ0v) is 14.9. The van der Waals surface area contributed by atoms with Gasteiger partial charge in [-0.05, 0) is 18.8 Å². The molecule has 2 atom stereocenters. The zero-order valence-electron chi connectivity index (χ0n) is 14.9. The molecule has 0 aliphatic carbocycles. The van der Waals surface area contributed by atoms with Gasteiger partial charge >= 0.3 is 0 Å². The molecule has 0 spiro atoms. The van der Waals surface area contributed by atoms with Gasteiger partial charge < -0.3 is 9.80 Å². The Morgan fingerprint density at radius 1 is 1.32 bits per heavy atom. The maximum Gasteiger partial charge on any atom is 0.276 e. The first-order valence-electron chi connectivity index (χ1n) is 9.07. The molecule has 2 fully saturated rings. The van der Waals surface area contributed by atoms with Crippen molar-refractivity contribution in [2.45, 2.75) is 58.3 Å². The number of likely N-dealkylation sites (tertiary alicyclic amines) is 2. The van der Waals surface area contributed by atoms with Crippen LogP contribution in [0.15, 0.2) is 6.20 Å². The highest BCUT2D eigenvalue weighted by Gasteiger charge is 2.36. The fourth-order valence-corrected chi connectivity index (χ4v) is 3.59. The normalized spacial score (nSPS) is 23.7. The largest absolute Gasteiger partial charge is 0.337 e. The maximum absolute atomic E-state index is 13.9. The number of carbonyl (C=O) groups excluding carboxylic acids is 2. The lowest BCUT2D eigenvalue weighted by molar-refractivity contribution is -0.133. The van der Waals surface area contributed by atoms with Crippen molar-refractivity contribution >= 4 is 11.8 Å². The van der Waals surface area contributed by atoms with Gasteiger partial charge in [-0.2, -0.15) is 0 Å². The molecule has 8 heteroatoms. The molecule has 2 amide bonds. The smallest absolute Gasteiger partial charge is 0.276 e. The molecule has 2 unspecified atom stereocenters. The second-order valence-corrected chi connectivity index (χ2v) is 7.46. The van der Waals surface area contributed by atoms with Crippen LogP contribution < -0.4 is 0 Å². The van der Waals surface area contributed by atoms with Crippen molar-refractivity contribution < 1.29 is 14.0 Å². The first kappa shape index (κ1) is 17.8. The minimum atomic E-state index is -1.00. The zero-order chi connectivity index (χ0) is 18.0. The summed E-state index contributed by atoms with van der Waals surface area (Å²) in [6.45, 7) is 5.98. The van der Waals surface area contributed by atoms with Gasteiger partial charge in [-0.3, -0.25) is 9.59 Å². The molecule has 2 saturated heterocycles. The SMILES string of the molecule is CC(C)CC(=O)N1CC(F)CC1Cn1cc(C(=O)N2CCCC2)nn1. The molecule has 0 bridgehead atoms. The van der Waals surface area contributed by atoms with Gasteiger partial charge in [0.25, 0.3) is 5.91 Å². The van der Waals surface area contributed by atoms with E-state index >= 15 is 0 Å². The van der Waals surface area contributed by atoms with Crippen LogP contribution in [-0.4, -0.2) is 68.5 Å². The standard InChI is InChI=1S/C17H26FN5O2/c1-12(2)7-16(24)23-9-13(18)8-14(23)10-22-11-15(19-20-22)17(25)21-5-3-4-6-21/h11-14H,3-10H2,1-2H3. The molecule has 2 aliphatic heterocycles. The first-order chi connectivity index (χ1) is 11.9. The van der Waals surface area contributed by atoms with E-state index in [1.807, 2.05) is 13.8 Å². The summed E-state index contributed by atoms with van der Waals surface area (Å²) in [6.07, 6.45) is 3.37. The van der Waals surface area contributed by atoms with Crippen LogP contribution in [0.2, 0.25) is 0 Å². The van der Waals surface area contributed by atoms with Gasteiger partial charge in [-0.25, -0.2) is 9.07 Å². The lowest BCUT2D eigenvalue weighted by atomic mass is 10.1. The highest BCUT2D eigenvalue weighted by atomic mass is 19.1. The van der Waals surface area contributed by atoms with E-state index in [2.05, 4.69) is 10.3 Å². The number of aromatic nitrogens is 3. The summed E-state index contributed by atoms with van der Waals surface area (Å²) in [6, 6.07) is -0.238. The lowest BCUT2D eigenvalue weighted by Crippen LogP contribution is -2.38. The molecule has 1 aromatic rings. The van der Waals surface area contributed by atoms with Crippen LogP contribution in [0, 0.1) is 5.92 Å². The van der Waals surface area contributed by atoms with Gasteiger partial charge in [-0.15, -0.1) is 5.10 Å². The average molecular weight is 351 g/mol. The number of halogens is 1. The number of rotatable bonds is 5. The minimum Gasteiger partial charge on any atom is -0.337 e. The highest BCUT2D eigenvalue weighted by Crippen LogP contribution is 2.23. The summed E-state index contributed by atoms with van der Waals surface area (Å²) in [5.41, 5.74) is 0.316. The first-order valence-corrected chi connectivity index (χ1v) is 9.07. The van der Waals surface area contributed by atoms with E-state index in [9.17, 15) is 14.0 Å². The topological polar surface area (TPSA) is 71.3 Å². The van der Waals surface area contributed by atoms with Crippen LogP contribution in [0.4, 0.5) is 4.39 Å². The molecule has 3 heterocycles. The Hall–Kier alpha value is -1.99. The average Bonchev–Trinajstić information content (AvgIpc) is 3.27. The molecule has 138 valence electrons. The molecule has 25 heavy (non-hydrogen) atoms. The molecule has 7 nitrogen and oxygen atoms in total. The van der Waals surface area contributed by atoms with E-state index in [0.29, 0.717) is 25.1 Å². The molecule has 0 N–H and O–H groups in total. The molecule has 1 aromatic heterocycles. The number of alkyl halides is 1. The maximum atomic E-state index is 13.9. The van der Waals surface area contributed by atoms with Crippen molar-refractivity contribution in [3.8, 4) is 0 Å². The molecule has 2 aliphatic rings. The fraction of sp³-hybridized carbons (Fsp3) is 0.765. The van der Waals surface area contributed by atoms with Crippen molar-refractivity contribution in [2.24, 2.45) is 5.92 Å². The third kappa shape index (κ3) is 4.16. The second-order valence-electron chi connectivity index (χ2n) is 7.46. The van der Waals surface area contributed by atoms with Crippen LogP contribution in [0.3, 0.4) is 0 Å². The predicted octanol–water partition coefficient (Wildman–Crippen LogP) is 1.50. The molecular formula is C17H26FN5O2. The number of carbonyl (C=O) groups is 2. The lowest BCUT2D eigenvalue weighted by Gasteiger charge is -2.24.